The molecule has 0 aromatic carbocycles. The Morgan fingerprint density at radius 2 is 2.12 bits per heavy atom. The SMILES string of the molecule is Cn1cc(-c2nc(Cn3c(-c4ncccn4)noc3=O)cs2)cn1. The van der Waals surface area contributed by atoms with Crippen LogP contribution in [0.3, 0.4) is 0 Å². The standard InChI is InChI=1S/C14H11N7O2S/c1-20-6-9(5-17-20)13-18-10(8-24-13)7-21-12(19-23-14(21)22)11-15-3-2-4-16-11/h2-6,8H,7H2,1H3. The second kappa shape index (κ2) is 5.81. The molecular formula is C14H11N7O2S. The van der Waals surface area contributed by atoms with E-state index in [1.54, 1.807) is 29.3 Å². The molecule has 0 N–H and O–H groups in total. The third-order valence-corrected chi connectivity index (χ3v) is 4.22. The van der Waals surface area contributed by atoms with Gasteiger partial charge in [-0.15, -0.1) is 11.3 Å². The van der Waals surface area contributed by atoms with Crippen molar-refractivity contribution in [2.45, 2.75) is 6.54 Å². The van der Waals surface area contributed by atoms with E-state index in [0.29, 0.717) is 5.82 Å². The van der Waals surface area contributed by atoms with Gasteiger partial charge in [0.25, 0.3) is 0 Å². The zero-order valence-electron chi connectivity index (χ0n) is 12.5. The van der Waals surface area contributed by atoms with E-state index in [1.165, 1.54) is 15.9 Å². The first-order valence-electron chi connectivity index (χ1n) is 6.98. The minimum atomic E-state index is -0.576. The molecule has 120 valence electrons. The molecule has 0 saturated carbocycles. The van der Waals surface area contributed by atoms with Crippen molar-refractivity contribution in [2.24, 2.45) is 7.05 Å². The zero-order valence-corrected chi connectivity index (χ0v) is 13.3. The summed E-state index contributed by atoms with van der Waals surface area (Å²) < 4.78 is 7.83. The number of nitrogens with zero attached hydrogens (tertiary/aromatic N) is 7. The lowest BCUT2D eigenvalue weighted by atomic mass is 10.4. The highest BCUT2D eigenvalue weighted by Crippen LogP contribution is 2.23. The molecule has 0 amide bonds. The van der Waals surface area contributed by atoms with Crippen molar-refractivity contribution in [2.75, 3.05) is 0 Å². The number of hydrogen-bond donors (Lipinski definition) is 0. The van der Waals surface area contributed by atoms with Gasteiger partial charge in [0.15, 0.2) is 5.82 Å². The van der Waals surface area contributed by atoms with Crippen molar-refractivity contribution < 1.29 is 4.52 Å². The maximum Gasteiger partial charge on any atom is 0.442 e. The monoisotopic (exact) mass is 341 g/mol. The Morgan fingerprint density at radius 3 is 2.88 bits per heavy atom. The topological polar surface area (TPSA) is 105 Å². The minimum Gasteiger partial charge on any atom is -0.295 e. The van der Waals surface area contributed by atoms with Gasteiger partial charge in [-0.25, -0.2) is 24.3 Å². The molecule has 0 bridgehead atoms. The molecule has 0 aliphatic heterocycles. The van der Waals surface area contributed by atoms with Crippen LogP contribution in [0.4, 0.5) is 0 Å². The lowest BCUT2D eigenvalue weighted by Crippen LogP contribution is -2.17. The quantitative estimate of drug-likeness (QED) is 0.549. The van der Waals surface area contributed by atoms with Crippen LogP contribution in [-0.2, 0) is 13.6 Å². The molecule has 0 atom stereocenters. The maximum atomic E-state index is 11.9. The molecular weight excluding hydrogens is 330 g/mol. The summed E-state index contributed by atoms with van der Waals surface area (Å²) in [7, 11) is 1.85. The van der Waals surface area contributed by atoms with Crippen molar-refractivity contribution in [1.82, 2.24) is 34.5 Å². The molecule has 0 fully saturated rings. The Labute approximate surface area is 139 Å². The van der Waals surface area contributed by atoms with Crippen LogP contribution in [0.1, 0.15) is 5.69 Å². The zero-order chi connectivity index (χ0) is 16.5. The maximum absolute atomic E-state index is 11.9. The Bertz CT molecular complexity index is 1030. The lowest BCUT2D eigenvalue weighted by molar-refractivity contribution is 0.378. The Kier molecular flexibility index (Phi) is 3.50. The number of thiazole rings is 1. The molecule has 24 heavy (non-hydrogen) atoms. The Balaban J connectivity index is 1.66. The molecule has 9 nitrogen and oxygen atoms in total. The fourth-order valence-electron chi connectivity index (χ4n) is 2.19. The van der Waals surface area contributed by atoms with Gasteiger partial charge in [-0.3, -0.25) is 9.20 Å². The fourth-order valence-corrected chi connectivity index (χ4v) is 2.98. The molecule has 0 aliphatic rings. The van der Waals surface area contributed by atoms with Crippen LogP contribution in [0.15, 0.2) is 45.6 Å². The summed E-state index contributed by atoms with van der Waals surface area (Å²) in [4.78, 5) is 24.7. The number of hydrogen-bond acceptors (Lipinski definition) is 8. The van der Waals surface area contributed by atoms with E-state index in [9.17, 15) is 4.79 Å². The molecule has 4 aromatic heterocycles. The molecule has 0 aliphatic carbocycles. The molecule has 4 aromatic rings. The molecule has 0 spiro atoms. The van der Waals surface area contributed by atoms with Gasteiger partial charge in [-0.2, -0.15) is 5.10 Å². The Morgan fingerprint density at radius 1 is 1.29 bits per heavy atom. The Hall–Kier alpha value is -3.14. The normalized spacial score (nSPS) is 11.0. The van der Waals surface area contributed by atoms with Crippen molar-refractivity contribution in [3.05, 3.63) is 52.5 Å². The van der Waals surface area contributed by atoms with E-state index in [-0.39, 0.29) is 12.4 Å². The number of aromatic nitrogens is 7. The smallest absolute Gasteiger partial charge is 0.295 e. The summed E-state index contributed by atoms with van der Waals surface area (Å²) in [5.41, 5.74) is 1.65. The highest BCUT2D eigenvalue weighted by molar-refractivity contribution is 7.13. The number of aryl methyl sites for hydroxylation is 1. The third-order valence-electron chi connectivity index (χ3n) is 3.28. The van der Waals surface area contributed by atoms with Crippen LogP contribution in [-0.4, -0.2) is 34.5 Å². The molecule has 4 heterocycles. The molecule has 0 radical (unpaired) electrons. The van der Waals surface area contributed by atoms with E-state index in [0.717, 1.165) is 16.3 Å². The van der Waals surface area contributed by atoms with Crippen molar-refractivity contribution in [3.8, 4) is 22.2 Å². The average Bonchev–Trinajstić information content (AvgIpc) is 3.31. The summed E-state index contributed by atoms with van der Waals surface area (Å²) >= 11 is 1.48. The first-order valence-corrected chi connectivity index (χ1v) is 7.86. The van der Waals surface area contributed by atoms with Crippen LogP contribution in [0, 0.1) is 0 Å². The average molecular weight is 341 g/mol. The highest BCUT2D eigenvalue weighted by Gasteiger charge is 2.17. The third kappa shape index (κ3) is 2.63. The van der Waals surface area contributed by atoms with Gasteiger partial charge in [-0.1, -0.05) is 5.16 Å². The van der Waals surface area contributed by atoms with Gasteiger partial charge in [-0.05, 0) is 6.07 Å². The van der Waals surface area contributed by atoms with Crippen molar-refractivity contribution in [1.29, 1.82) is 0 Å². The van der Waals surface area contributed by atoms with E-state index in [2.05, 4.69) is 25.2 Å². The van der Waals surface area contributed by atoms with Crippen LogP contribution >= 0.6 is 11.3 Å². The largest absolute Gasteiger partial charge is 0.442 e. The van der Waals surface area contributed by atoms with Crippen molar-refractivity contribution in [3.63, 3.8) is 0 Å². The van der Waals surface area contributed by atoms with Gasteiger partial charge in [0.1, 0.15) is 5.01 Å². The summed E-state index contributed by atoms with van der Waals surface area (Å²) in [5, 5.41) is 10.6. The van der Waals surface area contributed by atoms with Crippen molar-refractivity contribution >= 4 is 11.3 Å². The van der Waals surface area contributed by atoms with E-state index >= 15 is 0 Å². The summed E-state index contributed by atoms with van der Waals surface area (Å²) in [6.45, 7) is 0.229. The molecule has 4 rings (SSSR count). The van der Waals surface area contributed by atoms with E-state index in [1.807, 2.05) is 18.6 Å². The lowest BCUT2D eigenvalue weighted by Gasteiger charge is -2.00. The summed E-state index contributed by atoms with van der Waals surface area (Å²) in [5.74, 6) is 0.0240. The van der Waals surface area contributed by atoms with Crippen LogP contribution in [0.2, 0.25) is 0 Å². The van der Waals surface area contributed by atoms with Gasteiger partial charge >= 0.3 is 5.76 Å². The molecule has 0 unspecified atom stereocenters. The van der Waals surface area contributed by atoms with Crippen LogP contribution in [0.5, 0.6) is 0 Å². The second-order valence-electron chi connectivity index (χ2n) is 4.98. The second-order valence-corrected chi connectivity index (χ2v) is 5.84. The number of rotatable bonds is 4. The van der Waals surface area contributed by atoms with Gasteiger partial charge < -0.3 is 0 Å². The van der Waals surface area contributed by atoms with E-state index < -0.39 is 5.76 Å². The first-order chi connectivity index (χ1) is 11.7. The fraction of sp³-hybridized carbons (Fsp3) is 0.143. The van der Waals surface area contributed by atoms with Gasteiger partial charge in [0.2, 0.25) is 5.82 Å². The predicted octanol–water partition coefficient (Wildman–Crippen LogP) is 1.20. The molecule has 10 heteroatoms. The highest BCUT2D eigenvalue weighted by atomic mass is 32.1. The van der Waals surface area contributed by atoms with Crippen LogP contribution in [0.25, 0.3) is 22.2 Å². The molecule has 0 saturated heterocycles. The van der Waals surface area contributed by atoms with Gasteiger partial charge in [0, 0.05) is 36.6 Å². The van der Waals surface area contributed by atoms with Crippen LogP contribution < -0.4 is 5.76 Å². The first kappa shape index (κ1) is 14.5. The van der Waals surface area contributed by atoms with E-state index in [4.69, 9.17) is 4.52 Å². The summed E-state index contributed by atoms with van der Waals surface area (Å²) in [6.07, 6.45) is 6.79. The predicted molar refractivity (Wildman–Crippen MR) is 85.2 cm³/mol. The minimum absolute atomic E-state index is 0.229. The summed E-state index contributed by atoms with van der Waals surface area (Å²) in [6, 6.07) is 1.69. The van der Waals surface area contributed by atoms with Gasteiger partial charge in [0.05, 0.1) is 18.4 Å².